The van der Waals surface area contributed by atoms with Crippen molar-refractivity contribution in [3.8, 4) is 113 Å². The van der Waals surface area contributed by atoms with Crippen LogP contribution in [0.25, 0.3) is 200 Å². The minimum Gasteiger partial charge on any atom is -0.309 e. The van der Waals surface area contributed by atoms with Crippen LogP contribution in [0.2, 0.25) is 0 Å². The van der Waals surface area contributed by atoms with Gasteiger partial charge in [0.2, 0.25) is 5.95 Å². The van der Waals surface area contributed by atoms with Crippen LogP contribution in [0.4, 0.5) is 0 Å². The van der Waals surface area contributed by atoms with E-state index in [4.69, 9.17) is 19.9 Å². The summed E-state index contributed by atoms with van der Waals surface area (Å²) in [7, 11) is 0. The Morgan fingerprint density at radius 3 is 0.902 bits per heavy atom. The zero-order valence-electron chi connectivity index (χ0n) is 60.8. The van der Waals surface area contributed by atoms with Crippen molar-refractivity contribution < 1.29 is 0 Å². The van der Waals surface area contributed by atoms with Crippen LogP contribution in [0, 0.1) is 0 Å². The molecule has 0 aliphatic heterocycles. The van der Waals surface area contributed by atoms with Crippen molar-refractivity contribution in [3.05, 3.63) is 413 Å². The molecule has 0 aliphatic rings. The highest BCUT2D eigenvalue weighted by Crippen LogP contribution is 2.43. The van der Waals surface area contributed by atoms with Crippen molar-refractivity contribution in [2.24, 2.45) is 0 Å². The van der Waals surface area contributed by atoms with Crippen LogP contribution in [0.5, 0.6) is 0 Å². The fourth-order valence-corrected chi connectivity index (χ4v) is 16.6. The molecule has 0 radical (unpaired) electrons. The number of aromatic nitrogens is 8. The molecular weight excluding hydrogens is 1360 g/mol. The van der Waals surface area contributed by atoms with E-state index in [2.05, 4.69) is 407 Å². The number of fused-ring (bicyclic) bond motifs is 12. The summed E-state index contributed by atoms with van der Waals surface area (Å²) in [5.74, 6) is 1.34. The summed E-state index contributed by atoms with van der Waals surface area (Å²) in [6.07, 6.45) is 1.87. The summed E-state index contributed by atoms with van der Waals surface area (Å²) in [6, 6.07) is 145. The van der Waals surface area contributed by atoms with Crippen LogP contribution < -0.4 is 0 Å². The lowest BCUT2D eigenvalue weighted by Crippen LogP contribution is -2.01. The molecule has 524 valence electrons. The Kier molecular flexibility index (Phi) is 16.1. The van der Waals surface area contributed by atoms with E-state index >= 15 is 0 Å². The van der Waals surface area contributed by atoms with Gasteiger partial charge in [0.25, 0.3) is 0 Å². The summed E-state index contributed by atoms with van der Waals surface area (Å²) >= 11 is 0. The second-order valence-corrected chi connectivity index (χ2v) is 28.5. The standard InChI is InChI=1S/2C52H34N4/c1-4-15-35(16-5-1)46-34-47(36-17-6-2-7-18-36)54-52(53-46)39-19-14-22-41(31-39)56-49-26-13-11-24-43(49)45-33-38(28-30-51(45)56)37-27-29-50-44(32-37)42-23-10-12-25-48(42)55(50)40-20-8-3-9-21-40;1-3-12-35(13-4-1)38-14-11-15-39(32-38)36-22-24-37(25-23-36)47-30-31-53-52(54-47)56-49-21-10-8-19-44(49)46-34-41(27-29-51(46)56)40-26-28-50-45(33-40)43-18-7-9-20-48(43)55(50)42-16-5-2-6-17-42/h2*1-34H. The molecule has 0 spiro atoms. The van der Waals surface area contributed by atoms with Crippen LogP contribution >= 0.6 is 0 Å². The van der Waals surface area contributed by atoms with E-state index < -0.39 is 0 Å². The Morgan fingerprint density at radius 2 is 0.455 bits per heavy atom. The molecule has 8 nitrogen and oxygen atoms in total. The van der Waals surface area contributed by atoms with Crippen molar-refractivity contribution in [2.75, 3.05) is 0 Å². The molecule has 6 aromatic heterocycles. The van der Waals surface area contributed by atoms with Crippen LogP contribution in [0.3, 0.4) is 0 Å². The minimum absolute atomic E-state index is 0.649. The molecule has 16 aromatic carbocycles. The Balaban J connectivity index is 0.000000141. The predicted octanol–water partition coefficient (Wildman–Crippen LogP) is 26.7. The van der Waals surface area contributed by atoms with Gasteiger partial charge in [0.15, 0.2) is 5.82 Å². The third-order valence-electron chi connectivity index (χ3n) is 21.9. The Hall–Kier alpha value is -15.1. The minimum atomic E-state index is 0.649. The van der Waals surface area contributed by atoms with Gasteiger partial charge in [0.1, 0.15) is 0 Å². The number of hydrogen-bond donors (Lipinski definition) is 0. The van der Waals surface area contributed by atoms with Gasteiger partial charge in [-0.2, -0.15) is 0 Å². The molecule has 0 fully saturated rings. The Bertz CT molecular complexity index is 7290. The summed E-state index contributed by atoms with van der Waals surface area (Å²) in [4.78, 5) is 20.3. The number of benzene rings is 16. The average molecular weight is 1430 g/mol. The first-order chi connectivity index (χ1) is 55.5. The fourth-order valence-electron chi connectivity index (χ4n) is 16.6. The van der Waals surface area contributed by atoms with Crippen molar-refractivity contribution in [2.45, 2.75) is 0 Å². The Morgan fingerprint density at radius 1 is 0.161 bits per heavy atom. The zero-order chi connectivity index (χ0) is 74.0. The molecule has 0 unspecified atom stereocenters. The Labute approximate surface area is 646 Å². The normalized spacial score (nSPS) is 11.6. The van der Waals surface area contributed by atoms with E-state index in [1.54, 1.807) is 0 Å². The largest absolute Gasteiger partial charge is 0.309 e. The lowest BCUT2D eigenvalue weighted by atomic mass is 9.98. The van der Waals surface area contributed by atoms with Gasteiger partial charge in [-0.1, -0.05) is 279 Å². The number of nitrogens with zero attached hydrogens (tertiary/aromatic N) is 8. The van der Waals surface area contributed by atoms with Crippen molar-refractivity contribution in [1.29, 1.82) is 0 Å². The fraction of sp³-hybridized carbons (Fsp3) is 0. The van der Waals surface area contributed by atoms with Gasteiger partial charge in [0.05, 0.1) is 61.2 Å². The van der Waals surface area contributed by atoms with E-state index in [1.165, 1.54) is 110 Å². The van der Waals surface area contributed by atoms with Gasteiger partial charge in [0, 0.05) is 88.6 Å². The van der Waals surface area contributed by atoms with Gasteiger partial charge in [-0.05, 0) is 172 Å². The van der Waals surface area contributed by atoms with E-state index in [0.717, 1.165) is 78.5 Å². The van der Waals surface area contributed by atoms with Crippen molar-refractivity contribution in [1.82, 2.24) is 38.2 Å². The van der Waals surface area contributed by atoms with Crippen LogP contribution in [0.1, 0.15) is 0 Å². The molecule has 22 aromatic rings. The second-order valence-electron chi connectivity index (χ2n) is 28.5. The topological polar surface area (TPSA) is 71.3 Å². The SMILES string of the molecule is c1ccc(-c2cc(-c3ccccc3)nc(-c3cccc(-n4c5ccccc5c5cc(-c6ccc7c(c6)c6ccccc6n7-c6ccccc6)ccc54)c3)n2)cc1.c1ccc(-c2cccc(-c3ccc(-c4ccnc(-n5c6ccccc6c6cc(-c7ccc8c(c7)c7ccccc7n8-c7ccccc7)ccc65)n4)cc3)c2)cc1. The van der Waals surface area contributed by atoms with Crippen LogP contribution in [-0.4, -0.2) is 38.2 Å². The van der Waals surface area contributed by atoms with E-state index in [-0.39, 0.29) is 0 Å². The van der Waals surface area contributed by atoms with Crippen molar-refractivity contribution in [3.63, 3.8) is 0 Å². The second kappa shape index (κ2) is 27.6. The van der Waals surface area contributed by atoms with Gasteiger partial charge in [-0.25, -0.2) is 19.9 Å². The molecule has 112 heavy (non-hydrogen) atoms. The number of hydrogen-bond acceptors (Lipinski definition) is 4. The summed E-state index contributed by atoms with van der Waals surface area (Å²) in [6.45, 7) is 0. The van der Waals surface area contributed by atoms with Gasteiger partial charge < -0.3 is 13.7 Å². The third-order valence-corrected chi connectivity index (χ3v) is 21.9. The number of rotatable bonds is 12. The highest BCUT2D eigenvalue weighted by Gasteiger charge is 2.22. The molecule has 0 saturated carbocycles. The maximum absolute atomic E-state index is 5.16. The lowest BCUT2D eigenvalue weighted by Gasteiger charge is -2.12. The summed E-state index contributed by atoms with van der Waals surface area (Å²) in [5, 5.41) is 9.74. The molecule has 0 bridgehead atoms. The third kappa shape index (κ3) is 11.6. The quantitative estimate of drug-likeness (QED) is 0.122. The average Bonchev–Trinajstić information content (AvgIpc) is 1.59. The maximum atomic E-state index is 5.16. The smallest absolute Gasteiger partial charge is 0.235 e. The molecular formula is C104H68N8. The molecule has 0 aliphatic carbocycles. The van der Waals surface area contributed by atoms with Crippen LogP contribution in [-0.2, 0) is 0 Å². The van der Waals surface area contributed by atoms with E-state index in [0.29, 0.717) is 11.8 Å². The molecule has 8 heteroatoms. The summed E-state index contributed by atoms with van der Waals surface area (Å²) in [5.41, 5.74) is 29.0. The molecule has 0 atom stereocenters. The van der Waals surface area contributed by atoms with Gasteiger partial charge in [-0.3, -0.25) is 4.57 Å². The zero-order valence-corrected chi connectivity index (χ0v) is 60.8. The monoisotopic (exact) mass is 1430 g/mol. The lowest BCUT2D eigenvalue weighted by molar-refractivity contribution is 0.992. The number of para-hydroxylation sites is 6. The molecule has 6 heterocycles. The maximum Gasteiger partial charge on any atom is 0.235 e. The first-order valence-corrected chi connectivity index (χ1v) is 38.0. The molecule has 0 amide bonds. The van der Waals surface area contributed by atoms with E-state index in [9.17, 15) is 0 Å². The predicted molar refractivity (Wildman–Crippen MR) is 465 cm³/mol. The highest BCUT2D eigenvalue weighted by atomic mass is 15.2. The molecule has 0 N–H and O–H groups in total. The molecule has 22 rings (SSSR count). The summed E-state index contributed by atoms with van der Waals surface area (Å²) < 4.78 is 9.29. The van der Waals surface area contributed by atoms with Crippen molar-refractivity contribution >= 4 is 87.2 Å². The molecule has 0 saturated heterocycles. The van der Waals surface area contributed by atoms with Crippen LogP contribution in [0.15, 0.2) is 413 Å². The van der Waals surface area contributed by atoms with Gasteiger partial charge >= 0.3 is 0 Å². The van der Waals surface area contributed by atoms with E-state index in [1.807, 2.05) is 24.4 Å². The first-order valence-electron chi connectivity index (χ1n) is 38.0. The van der Waals surface area contributed by atoms with Gasteiger partial charge in [-0.15, -0.1) is 0 Å². The first kappa shape index (κ1) is 65.2. The highest BCUT2D eigenvalue weighted by molar-refractivity contribution is 6.15.